The van der Waals surface area contributed by atoms with E-state index >= 15 is 0 Å². The molecule has 364 valence electrons. The number of piperazine rings is 1. The summed E-state index contributed by atoms with van der Waals surface area (Å²) in [6.45, 7) is 7.50. The number of hydrogen-bond acceptors (Lipinski definition) is 17. The van der Waals surface area contributed by atoms with Crippen LogP contribution in [0.1, 0.15) is 81.5 Å². The SMILES string of the molecule is CN(C)C(=O)c1cc2cnc(Nc3ccc(N4CCN(Cc5cn(CCOCCOCCOCCNc6cccc7c6C(=O)N(C6CCC(=O)NC6=O)C7=O)nn5)CC4)cn3)nc2n1C1CCCC1. The standard InChI is InChI=1S/C47H58N14O8/c1-56(2)45(65)38-26-31-27-50-47(53-42(31)60(38)33-6-3-4-7-33)51-39-12-10-34(28-49-39)58-17-15-57(16-18-58)29-32-30-59(55-54-32)19-21-68-23-25-69-24-22-67-20-14-48-36-9-5-8-35-41(36)46(66)61(44(35)64)37-11-13-40(62)52-43(37)63/h5,8-10,12,26-28,30,33,37,48H,3-4,6-7,11,13-25,29H2,1-2H3,(H,52,62,63)(H,49,50,51,53). The van der Waals surface area contributed by atoms with Crippen LogP contribution in [0.4, 0.5) is 23.1 Å². The molecule has 5 amide bonds. The molecule has 7 heterocycles. The van der Waals surface area contributed by atoms with Gasteiger partial charge in [0.05, 0.1) is 74.9 Å². The molecule has 0 bridgehead atoms. The van der Waals surface area contributed by atoms with Gasteiger partial charge in [0.2, 0.25) is 17.8 Å². The molecule has 69 heavy (non-hydrogen) atoms. The fourth-order valence-corrected chi connectivity index (χ4v) is 9.29. The van der Waals surface area contributed by atoms with Gasteiger partial charge in [-0.05, 0) is 49.6 Å². The Morgan fingerprint density at radius 1 is 0.870 bits per heavy atom. The predicted octanol–water partition coefficient (Wildman–Crippen LogP) is 2.86. The van der Waals surface area contributed by atoms with Crippen LogP contribution >= 0.6 is 0 Å². The Morgan fingerprint density at radius 2 is 1.64 bits per heavy atom. The summed E-state index contributed by atoms with van der Waals surface area (Å²) in [4.78, 5) is 84.7. The highest BCUT2D eigenvalue weighted by Crippen LogP contribution is 2.35. The number of nitrogens with one attached hydrogen (secondary N) is 3. The highest BCUT2D eigenvalue weighted by Gasteiger charge is 2.45. The van der Waals surface area contributed by atoms with Crippen LogP contribution < -0.4 is 20.9 Å². The topological polar surface area (TPSA) is 236 Å². The maximum atomic E-state index is 13.3. The van der Waals surface area contributed by atoms with Crippen LogP contribution in [0.2, 0.25) is 0 Å². The average molecular weight is 947 g/mol. The molecule has 0 spiro atoms. The smallest absolute Gasteiger partial charge is 0.270 e. The third-order valence-electron chi connectivity index (χ3n) is 12.8. The van der Waals surface area contributed by atoms with Crippen molar-refractivity contribution in [3.63, 3.8) is 0 Å². The van der Waals surface area contributed by atoms with Crippen LogP contribution in [0, 0.1) is 0 Å². The molecule has 1 saturated carbocycles. The van der Waals surface area contributed by atoms with Crippen molar-refractivity contribution in [1.29, 1.82) is 0 Å². The van der Waals surface area contributed by atoms with Crippen LogP contribution in [0.3, 0.4) is 0 Å². The minimum absolute atomic E-state index is 0.0363. The summed E-state index contributed by atoms with van der Waals surface area (Å²) in [5, 5.41) is 18.1. The predicted molar refractivity (Wildman–Crippen MR) is 252 cm³/mol. The van der Waals surface area contributed by atoms with Crippen LogP contribution in [-0.4, -0.2) is 171 Å². The number of pyridine rings is 1. The van der Waals surface area contributed by atoms with E-state index in [1.54, 1.807) is 48.1 Å². The molecule has 1 unspecified atom stereocenters. The molecule has 4 aliphatic rings. The Bertz CT molecular complexity index is 2660. The number of carbonyl (C=O) groups excluding carboxylic acids is 5. The van der Waals surface area contributed by atoms with Crippen molar-refractivity contribution in [2.75, 3.05) is 102 Å². The van der Waals surface area contributed by atoms with Crippen molar-refractivity contribution in [2.24, 2.45) is 0 Å². The maximum Gasteiger partial charge on any atom is 0.270 e. The van der Waals surface area contributed by atoms with Crippen molar-refractivity contribution in [2.45, 2.75) is 63.7 Å². The maximum absolute atomic E-state index is 13.3. The average Bonchev–Trinajstić information content (AvgIpc) is 4.17. The molecule has 3 fully saturated rings. The third kappa shape index (κ3) is 10.9. The van der Waals surface area contributed by atoms with Gasteiger partial charge in [0.1, 0.15) is 23.2 Å². The van der Waals surface area contributed by atoms with Crippen molar-refractivity contribution in [3.8, 4) is 0 Å². The lowest BCUT2D eigenvalue weighted by molar-refractivity contribution is -0.136. The molecule has 1 aromatic carbocycles. The number of amides is 5. The summed E-state index contributed by atoms with van der Waals surface area (Å²) in [6, 6.07) is 10.1. The number of aromatic nitrogens is 7. The van der Waals surface area contributed by atoms with Crippen molar-refractivity contribution < 1.29 is 38.2 Å². The summed E-state index contributed by atoms with van der Waals surface area (Å²) in [6.07, 6.45) is 10.1. The molecular weight excluding hydrogens is 889 g/mol. The highest BCUT2D eigenvalue weighted by atomic mass is 16.5. The van der Waals surface area contributed by atoms with Crippen molar-refractivity contribution in [1.82, 2.24) is 54.5 Å². The molecule has 3 N–H and O–H groups in total. The van der Waals surface area contributed by atoms with Crippen LogP contribution in [0.15, 0.2) is 55.0 Å². The molecule has 9 rings (SSSR count). The molecule has 5 aromatic rings. The van der Waals surface area contributed by atoms with Crippen molar-refractivity contribution in [3.05, 3.63) is 77.5 Å². The minimum Gasteiger partial charge on any atom is -0.382 e. The van der Waals surface area contributed by atoms with E-state index in [2.05, 4.69) is 56.7 Å². The number of piperidine rings is 1. The largest absolute Gasteiger partial charge is 0.382 e. The van der Waals surface area contributed by atoms with Crippen LogP contribution in [-0.2, 0) is 36.9 Å². The van der Waals surface area contributed by atoms with Gasteiger partial charge in [-0.2, -0.15) is 4.98 Å². The summed E-state index contributed by atoms with van der Waals surface area (Å²) in [5.41, 5.74) is 4.27. The molecular formula is C47H58N14O8. The molecule has 2 saturated heterocycles. The fraction of sp³-hybridized carbons (Fsp3) is 0.489. The summed E-state index contributed by atoms with van der Waals surface area (Å²) in [5.74, 6) is -1.12. The summed E-state index contributed by atoms with van der Waals surface area (Å²) >= 11 is 0. The molecule has 3 aliphatic heterocycles. The normalized spacial score (nSPS) is 17.8. The van der Waals surface area contributed by atoms with Crippen molar-refractivity contribution >= 4 is 63.7 Å². The van der Waals surface area contributed by atoms with Gasteiger partial charge >= 0.3 is 0 Å². The fourth-order valence-electron chi connectivity index (χ4n) is 9.29. The molecule has 22 heteroatoms. The third-order valence-corrected chi connectivity index (χ3v) is 12.8. The van der Waals surface area contributed by atoms with Gasteiger partial charge in [-0.25, -0.2) is 14.6 Å². The zero-order chi connectivity index (χ0) is 47.9. The molecule has 4 aromatic heterocycles. The van der Waals surface area contributed by atoms with E-state index < -0.39 is 29.7 Å². The van der Waals surface area contributed by atoms with E-state index in [4.69, 9.17) is 19.2 Å². The number of anilines is 4. The molecule has 1 atom stereocenters. The number of ether oxygens (including phenoxy) is 3. The van der Waals surface area contributed by atoms with E-state index in [1.165, 1.54) is 0 Å². The van der Waals surface area contributed by atoms with E-state index in [1.807, 2.05) is 24.5 Å². The quantitative estimate of drug-likeness (QED) is 0.0709. The first-order valence-corrected chi connectivity index (χ1v) is 23.6. The summed E-state index contributed by atoms with van der Waals surface area (Å²) < 4.78 is 20.9. The first-order chi connectivity index (χ1) is 33.6. The lowest BCUT2D eigenvalue weighted by Crippen LogP contribution is -2.54. The van der Waals surface area contributed by atoms with Gasteiger partial charge in [0.25, 0.3) is 17.7 Å². The first-order valence-electron chi connectivity index (χ1n) is 23.6. The number of imide groups is 2. The Labute approximate surface area is 398 Å². The minimum atomic E-state index is -1.02. The number of rotatable bonds is 21. The van der Waals surface area contributed by atoms with Crippen LogP contribution in [0.5, 0.6) is 0 Å². The van der Waals surface area contributed by atoms with Gasteiger partial charge < -0.3 is 39.2 Å². The van der Waals surface area contributed by atoms with Gasteiger partial charge in [-0.3, -0.25) is 39.1 Å². The second-order valence-corrected chi connectivity index (χ2v) is 17.7. The number of carbonyl (C=O) groups is 5. The Morgan fingerprint density at radius 3 is 2.38 bits per heavy atom. The number of fused-ring (bicyclic) bond motifs is 2. The number of nitrogens with zero attached hydrogens (tertiary/aromatic N) is 11. The second-order valence-electron chi connectivity index (χ2n) is 17.7. The highest BCUT2D eigenvalue weighted by molar-refractivity contribution is 6.25. The number of hydrogen-bond donors (Lipinski definition) is 3. The molecule has 0 radical (unpaired) electrons. The van der Waals surface area contributed by atoms with E-state index in [9.17, 15) is 24.0 Å². The van der Waals surface area contributed by atoms with E-state index in [0.29, 0.717) is 82.4 Å². The van der Waals surface area contributed by atoms with Gasteiger partial charge in [0, 0.05) is 89.3 Å². The molecule has 1 aliphatic carbocycles. The summed E-state index contributed by atoms with van der Waals surface area (Å²) in [7, 11) is 3.55. The monoisotopic (exact) mass is 946 g/mol. The Hall–Kier alpha value is -6.88. The van der Waals surface area contributed by atoms with Crippen LogP contribution in [0.25, 0.3) is 11.0 Å². The second kappa shape index (κ2) is 21.6. The lowest BCUT2D eigenvalue weighted by Gasteiger charge is -2.35. The zero-order valence-electron chi connectivity index (χ0n) is 39.0. The van der Waals surface area contributed by atoms with Gasteiger partial charge in [-0.1, -0.05) is 24.1 Å². The Kier molecular flexibility index (Phi) is 14.8. The Balaban J connectivity index is 0.627. The lowest BCUT2D eigenvalue weighted by atomic mass is 10.0. The number of benzene rings is 1. The first kappa shape index (κ1) is 47.2. The van der Waals surface area contributed by atoms with E-state index in [0.717, 1.165) is 79.2 Å². The molecule has 22 nitrogen and oxygen atoms in total. The van der Waals surface area contributed by atoms with E-state index in [-0.39, 0.29) is 35.9 Å². The van der Waals surface area contributed by atoms with Gasteiger partial charge in [0.15, 0.2) is 0 Å². The van der Waals surface area contributed by atoms with Gasteiger partial charge in [-0.15, -0.1) is 5.10 Å². The zero-order valence-corrected chi connectivity index (χ0v) is 39.0.